The Morgan fingerprint density at radius 2 is 2.05 bits per heavy atom. The van der Waals surface area contributed by atoms with E-state index in [1.807, 2.05) is 13.8 Å². The molecule has 0 radical (unpaired) electrons. The van der Waals surface area contributed by atoms with Gasteiger partial charge in [-0.05, 0) is 13.3 Å². The van der Waals surface area contributed by atoms with Gasteiger partial charge in [-0.2, -0.15) is 15.1 Å². The summed E-state index contributed by atoms with van der Waals surface area (Å²) in [5.74, 6) is 5.99. The molecule has 0 aromatic carbocycles. The Morgan fingerprint density at radius 3 is 2.65 bits per heavy atom. The Bertz CT molecular complexity index is 584. The van der Waals surface area contributed by atoms with Gasteiger partial charge >= 0.3 is 12.0 Å². The average molecular weight is 279 g/mol. The van der Waals surface area contributed by atoms with Gasteiger partial charge in [0, 0.05) is 13.1 Å². The maximum Gasteiger partial charge on any atom is 0.331 e. The number of rotatable bonds is 6. The zero-order chi connectivity index (χ0) is 14.5. The molecule has 9 nitrogen and oxygen atoms in total. The van der Waals surface area contributed by atoms with Crippen molar-refractivity contribution in [2.24, 2.45) is 12.9 Å². The number of nitrogen functional groups attached to an aromatic ring is 1. The van der Waals surface area contributed by atoms with Crippen LogP contribution in [0.5, 0.6) is 17.9 Å². The zero-order valence-electron chi connectivity index (χ0n) is 11.6. The molecule has 2 heterocycles. The van der Waals surface area contributed by atoms with E-state index in [0.717, 1.165) is 12.1 Å². The van der Waals surface area contributed by atoms with Crippen LogP contribution in [-0.2, 0) is 7.05 Å². The van der Waals surface area contributed by atoms with E-state index in [4.69, 9.17) is 15.3 Å². The van der Waals surface area contributed by atoms with Crippen molar-refractivity contribution in [2.75, 3.05) is 12.0 Å². The molecule has 0 spiro atoms. The van der Waals surface area contributed by atoms with Gasteiger partial charge in [0.1, 0.15) is 0 Å². The minimum Gasteiger partial charge on any atom is -0.463 e. The van der Waals surface area contributed by atoms with Crippen LogP contribution in [0, 0.1) is 6.92 Å². The number of aromatic nitrogens is 5. The Balaban J connectivity index is 2.23. The van der Waals surface area contributed by atoms with Crippen molar-refractivity contribution in [1.29, 1.82) is 0 Å². The highest BCUT2D eigenvalue weighted by molar-refractivity contribution is 5.27. The lowest BCUT2D eigenvalue weighted by atomic mass is 10.5. The van der Waals surface area contributed by atoms with Gasteiger partial charge < -0.3 is 9.47 Å². The highest BCUT2D eigenvalue weighted by Crippen LogP contribution is 2.20. The summed E-state index contributed by atoms with van der Waals surface area (Å²) in [5.41, 5.74) is 3.17. The van der Waals surface area contributed by atoms with Crippen LogP contribution in [0.3, 0.4) is 0 Å². The van der Waals surface area contributed by atoms with Crippen LogP contribution < -0.4 is 20.7 Å². The number of nitrogens with one attached hydrogen (secondary N) is 1. The third-order valence-electron chi connectivity index (χ3n) is 2.31. The highest BCUT2D eigenvalue weighted by Gasteiger charge is 2.11. The number of hydrazine groups is 1. The van der Waals surface area contributed by atoms with Gasteiger partial charge in [-0.1, -0.05) is 6.92 Å². The van der Waals surface area contributed by atoms with Crippen molar-refractivity contribution >= 4 is 5.95 Å². The second kappa shape index (κ2) is 6.15. The molecule has 0 unspecified atom stereocenters. The van der Waals surface area contributed by atoms with Crippen molar-refractivity contribution in [1.82, 2.24) is 24.7 Å². The summed E-state index contributed by atoms with van der Waals surface area (Å²) in [4.78, 5) is 12.0. The molecule has 20 heavy (non-hydrogen) atoms. The quantitative estimate of drug-likeness (QED) is 0.589. The zero-order valence-corrected chi connectivity index (χ0v) is 11.6. The topological polar surface area (TPSA) is 113 Å². The minimum absolute atomic E-state index is 0.0852. The van der Waals surface area contributed by atoms with Crippen LogP contribution in [0.2, 0.25) is 0 Å². The molecule has 0 saturated heterocycles. The molecule has 2 aromatic rings. The first kappa shape index (κ1) is 14.0. The second-order valence-corrected chi connectivity index (χ2v) is 4.07. The minimum atomic E-state index is 0.0852. The molecule has 0 bridgehead atoms. The normalized spacial score (nSPS) is 10.4. The maximum atomic E-state index is 5.56. The first-order chi connectivity index (χ1) is 9.62. The second-order valence-electron chi connectivity index (χ2n) is 4.07. The smallest absolute Gasteiger partial charge is 0.331 e. The molecule has 0 saturated carbocycles. The van der Waals surface area contributed by atoms with Crippen LogP contribution in [-0.4, -0.2) is 31.3 Å². The summed E-state index contributed by atoms with van der Waals surface area (Å²) in [6.07, 6.45) is 0.841. The summed E-state index contributed by atoms with van der Waals surface area (Å²) in [5, 5.41) is 4.17. The molecule has 0 aliphatic rings. The number of anilines is 1. The molecule has 0 aliphatic heterocycles. The van der Waals surface area contributed by atoms with E-state index in [9.17, 15) is 0 Å². The number of ether oxygens (including phenoxy) is 2. The SMILES string of the molecule is CCCOc1nc(NN)nc(Oc2cc(C)nn2C)n1. The molecule has 2 rings (SSSR count). The third-order valence-corrected chi connectivity index (χ3v) is 2.31. The molecule has 0 fully saturated rings. The van der Waals surface area contributed by atoms with Gasteiger partial charge in [-0.25, -0.2) is 10.5 Å². The highest BCUT2D eigenvalue weighted by atomic mass is 16.5. The lowest BCUT2D eigenvalue weighted by Crippen LogP contribution is -2.13. The largest absolute Gasteiger partial charge is 0.463 e. The molecule has 0 aliphatic carbocycles. The Labute approximate surface area is 116 Å². The number of nitrogens with zero attached hydrogens (tertiary/aromatic N) is 5. The Morgan fingerprint density at radius 1 is 1.30 bits per heavy atom. The number of hydrogen-bond donors (Lipinski definition) is 2. The summed E-state index contributed by atoms with van der Waals surface area (Å²) in [6.45, 7) is 4.35. The molecular formula is C11H17N7O2. The van der Waals surface area contributed by atoms with Crippen molar-refractivity contribution in [2.45, 2.75) is 20.3 Å². The molecule has 3 N–H and O–H groups in total. The van der Waals surface area contributed by atoms with Crippen LogP contribution in [0.15, 0.2) is 6.07 Å². The average Bonchev–Trinajstić information content (AvgIpc) is 2.74. The van der Waals surface area contributed by atoms with Gasteiger partial charge in [0.15, 0.2) is 0 Å². The van der Waals surface area contributed by atoms with E-state index >= 15 is 0 Å². The third kappa shape index (κ3) is 3.32. The predicted octanol–water partition coefficient (Wildman–Crippen LogP) is 0.780. The molecule has 0 amide bonds. The fourth-order valence-corrected chi connectivity index (χ4v) is 1.48. The van der Waals surface area contributed by atoms with E-state index in [0.29, 0.717) is 12.5 Å². The maximum absolute atomic E-state index is 5.56. The van der Waals surface area contributed by atoms with E-state index in [2.05, 4.69) is 25.5 Å². The number of aryl methyl sites for hydroxylation is 2. The molecule has 9 heteroatoms. The van der Waals surface area contributed by atoms with Crippen molar-refractivity contribution in [3.63, 3.8) is 0 Å². The van der Waals surface area contributed by atoms with Gasteiger partial charge in [0.2, 0.25) is 11.8 Å². The fraction of sp³-hybridized carbons (Fsp3) is 0.455. The number of nitrogens with two attached hydrogens (primary N) is 1. The molecular weight excluding hydrogens is 262 g/mol. The van der Waals surface area contributed by atoms with E-state index in [1.54, 1.807) is 17.8 Å². The molecule has 2 aromatic heterocycles. The van der Waals surface area contributed by atoms with Crippen LogP contribution in [0.4, 0.5) is 5.95 Å². The summed E-state index contributed by atoms with van der Waals surface area (Å²) in [6, 6.07) is 2.01. The van der Waals surface area contributed by atoms with E-state index in [-0.39, 0.29) is 18.0 Å². The first-order valence-corrected chi connectivity index (χ1v) is 6.16. The monoisotopic (exact) mass is 279 g/mol. The lowest BCUT2D eigenvalue weighted by Gasteiger charge is -2.07. The van der Waals surface area contributed by atoms with Crippen molar-refractivity contribution in [3.8, 4) is 17.9 Å². The van der Waals surface area contributed by atoms with E-state index < -0.39 is 0 Å². The van der Waals surface area contributed by atoms with E-state index in [1.165, 1.54) is 0 Å². The summed E-state index contributed by atoms with van der Waals surface area (Å²) >= 11 is 0. The van der Waals surface area contributed by atoms with Gasteiger partial charge in [-0.15, -0.1) is 4.98 Å². The van der Waals surface area contributed by atoms with Crippen molar-refractivity contribution in [3.05, 3.63) is 11.8 Å². The summed E-state index contributed by atoms with van der Waals surface area (Å²) < 4.78 is 12.5. The van der Waals surface area contributed by atoms with Crippen LogP contribution in [0.25, 0.3) is 0 Å². The Kier molecular flexibility index (Phi) is 4.31. The van der Waals surface area contributed by atoms with Crippen LogP contribution in [0.1, 0.15) is 19.0 Å². The molecule has 0 atom stereocenters. The predicted molar refractivity (Wildman–Crippen MR) is 71.4 cm³/mol. The van der Waals surface area contributed by atoms with Crippen LogP contribution >= 0.6 is 0 Å². The fourth-order valence-electron chi connectivity index (χ4n) is 1.48. The molecule has 108 valence electrons. The summed E-state index contributed by atoms with van der Waals surface area (Å²) in [7, 11) is 1.76. The standard InChI is InChI=1S/C11H17N7O2/c1-4-5-19-10-13-9(16-12)14-11(15-10)20-8-6-7(2)17-18(8)3/h6H,4-5,12H2,1-3H3,(H,13,14,15,16). The van der Waals surface area contributed by atoms with Crippen molar-refractivity contribution < 1.29 is 9.47 Å². The van der Waals surface area contributed by atoms with Gasteiger partial charge in [0.25, 0.3) is 0 Å². The van der Waals surface area contributed by atoms with Gasteiger partial charge in [0.05, 0.1) is 12.3 Å². The number of hydrogen-bond acceptors (Lipinski definition) is 8. The van der Waals surface area contributed by atoms with Gasteiger partial charge in [-0.3, -0.25) is 5.43 Å². The lowest BCUT2D eigenvalue weighted by molar-refractivity contribution is 0.284. The Hall–Kier alpha value is -2.42. The first-order valence-electron chi connectivity index (χ1n) is 6.16.